The number of halogens is 1. The Balaban J connectivity index is 2.01. The largest absolute Gasteiger partial charge is 0.360 e. The lowest BCUT2D eigenvalue weighted by Gasteiger charge is -2.07. The van der Waals surface area contributed by atoms with Gasteiger partial charge < -0.3 is 16.0 Å². The lowest BCUT2D eigenvalue weighted by atomic mass is 10.2. The third-order valence-electron chi connectivity index (χ3n) is 3.06. The summed E-state index contributed by atoms with van der Waals surface area (Å²) >= 11 is 0. The fourth-order valence-electron chi connectivity index (χ4n) is 1.89. The zero-order valence-electron chi connectivity index (χ0n) is 13.3. The van der Waals surface area contributed by atoms with Crippen LogP contribution in [0.3, 0.4) is 0 Å². The molecule has 2 rings (SSSR count). The first-order valence-electron chi connectivity index (χ1n) is 7.29. The number of amides is 2. The van der Waals surface area contributed by atoms with E-state index in [0.29, 0.717) is 17.1 Å². The average Bonchev–Trinajstić information content (AvgIpc) is 2.58. The standard InChI is InChI=1S/C18H15FN4O2/c1-12(24)22-16-6-8-17(9-7-16)23-18(25)13(10-20)11-21-15-4-2-14(19)3-5-15/h2-9,11,21H,1H3,(H,22,24)(H,23,25)/b13-11-. The van der Waals surface area contributed by atoms with Gasteiger partial charge in [0.15, 0.2) is 0 Å². The zero-order chi connectivity index (χ0) is 18.2. The Kier molecular flexibility index (Phi) is 5.85. The smallest absolute Gasteiger partial charge is 0.267 e. The minimum Gasteiger partial charge on any atom is -0.360 e. The second kappa shape index (κ2) is 8.26. The fourth-order valence-corrected chi connectivity index (χ4v) is 1.89. The number of carbonyl (C=O) groups is 2. The Bertz CT molecular complexity index is 837. The third-order valence-corrected chi connectivity index (χ3v) is 3.06. The van der Waals surface area contributed by atoms with E-state index in [1.807, 2.05) is 0 Å². The van der Waals surface area contributed by atoms with Crippen LogP contribution in [0.15, 0.2) is 60.3 Å². The highest BCUT2D eigenvalue weighted by Gasteiger charge is 2.09. The molecule has 0 aliphatic heterocycles. The van der Waals surface area contributed by atoms with Gasteiger partial charge in [-0.3, -0.25) is 9.59 Å². The second-order valence-electron chi connectivity index (χ2n) is 5.03. The van der Waals surface area contributed by atoms with Gasteiger partial charge in [0, 0.05) is 30.2 Å². The lowest BCUT2D eigenvalue weighted by molar-refractivity contribution is -0.114. The number of nitrogens with zero attached hydrogens (tertiary/aromatic N) is 1. The number of hydrogen-bond donors (Lipinski definition) is 3. The molecule has 0 saturated heterocycles. The molecule has 6 nitrogen and oxygen atoms in total. The molecule has 0 heterocycles. The van der Waals surface area contributed by atoms with Crippen molar-refractivity contribution in [2.24, 2.45) is 0 Å². The van der Waals surface area contributed by atoms with Crippen molar-refractivity contribution in [1.29, 1.82) is 5.26 Å². The maximum Gasteiger partial charge on any atom is 0.267 e. The minimum absolute atomic E-state index is 0.143. The van der Waals surface area contributed by atoms with E-state index in [1.165, 1.54) is 37.4 Å². The molecular weight excluding hydrogens is 323 g/mol. The van der Waals surface area contributed by atoms with Gasteiger partial charge in [0.25, 0.3) is 5.91 Å². The number of rotatable bonds is 5. The molecule has 0 spiro atoms. The van der Waals surface area contributed by atoms with Gasteiger partial charge in [0.05, 0.1) is 0 Å². The molecule has 25 heavy (non-hydrogen) atoms. The van der Waals surface area contributed by atoms with E-state index in [9.17, 15) is 14.0 Å². The minimum atomic E-state index is -0.593. The van der Waals surface area contributed by atoms with E-state index in [1.54, 1.807) is 30.3 Å². The first-order valence-corrected chi connectivity index (χ1v) is 7.29. The number of carbonyl (C=O) groups excluding carboxylic acids is 2. The molecule has 0 radical (unpaired) electrons. The van der Waals surface area contributed by atoms with E-state index in [2.05, 4.69) is 16.0 Å². The van der Waals surface area contributed by atoms with Gasteiger partial charge in [-0.15, -0.1) is 0 Å². The van der Waals surface area contributed by atoms with Crippen molar-refractivity contribution in [2.45, 2.75) is 6.92 Å². The molecular formula is C18H15FN4O2. The van der Waals surface area contributed by atoms with Crippen LogP contribution in [-0.2, 0) is 9.59 Å². The molecule has 0 unspecified atom stereocenters. The van der Waals surface area contributed by atoms with Crippen LogP contribution in [0.1, 0.15) is 6.92 Å². The maximum absolute atomic E-state index is 12.8. The quantitative estimate of drug-likeness (QED) is 0.576. The van der Waals surface area contributed by atoms with Crippen molar-refractivity contribution in [2.75, 3.05) is 16.0 Å². The number of hydrogen-bond acceptors (Lipinski definition) is 4. The van der Waals surface area contributed by atoms with E-state index in [0.717, 1.165) is 0 Å². The van der Waals surface area contributed by atoms with Gasteiger partial charge in [0.2, 0.25) is 5.91 Å². The highest BCUT2D eigenvalue weighted by molar-refractivity contribution is 6.06. The van der Waals surface area contributed by atoms with Gasteiger partial charge in [-0.25, -0.2) is 4.39 Å². The molecule has 0 atom stereocenters. The van der Waals surface area contributed by atoms with Crippen LogP contribution in [0.2, 0.25) is 0 Å². The van der Waals surface area contributed by atoms with Crippen LogP contribution < -0.4 is 16.0 Å². The van der Waals surface area contributed by atoms with E-state index in [-0.39, 0.29) is 17.3 Å². The Morgan fingerprint density at radius 2 is 1.48 bits per heavy atom. The van der Waals surface area contributed by atoms with E-state index >= 15 is 0 Å². The predicted molar refractivity (Wildman–Crippen MR) is 93.1 cm³/mol. The first-order chi connectivity index (χ1) is 12.0. The Morgan fingerprint density at radius 3 is 2.00 bits per heavy atom. The molecule has 2 aromatic rings. The van der Waals surface area contributed by atoms with Crippen molar-refractivity contribution < 1.29 is 14.0 Å². The Hall–Kier alpha value is -3.66. The van der Waals surface area contributed by atoms with Crippen LogP contribution >= 0.6 is 0 Å². The predicted octanol–water partition coefficient (Wildman–Crippen LogP) is 3.24. The monoisotopic (exact) mass is 338 g/mol. The van der Waals surface area contributed by atoms with E-state index < -0.39 is 5.91 Å². The number of nitrogens with one attached hydrogen (secondary N) is 3. The van der Waals surface area contributed by atoms with Gasteiger partial charge in [-0.2, -0.15) is 5.26 Å². The molecule has 3 N–H and O–H groups in total. The molecule has 0 aliphatic rings. The second-order valence-corrected chi connectivity index (χ2v) is 5.03. The average molecular weight is 338 g/mol. The molecule has 0 fully saturated rings. The topological polar surface area (TPSA) is 94.0 Å². The molecule has 0 aliphatic carbocycles. The summed E-state index contributed by atoms with van der Waals surface area (Å²) in [6, 6.07) is 13.8. The summed E-state index contributed by atoms with van der Waals surface area (Å²) in [7, 11) is 0. The zero-order valence-corrected chi connectivity index (χ0v) is 13.3. The molecule has 126 valence electrons. The number of nitriles is 1. The van der Waals surface area contributed by atoms with Gasteiger partial charge in [0.1, 0.15) is 17.5 Å². The highest BCUT2D eigenvalue weighted by atomic mass is 19.1. The van der Waals surface area contributed by atoms with Crippen molar-refractivity contribution in [3.63, 3.8) is 0 Å². The van der Waals surface area contributed by atoms with Crippen LogP contribution in [-0.4, -0.2) is 11.8 Å². The van der Waals surface area contributed by atoms with Crippen molar-refractivity contribution in [3.8, 4) is 6.07 Å². The Labute approximate surface area is 144 Å². The molecule has 7 heteroatoms. The lowest BCUT2D eigenvalue weighted by Crippen LogP contribution is -2.14. The normalized spacial score (nSPS) is 10.5. The van der Waals surface area contributed by atoms with Crippen molar-refractivity contribution in [3.05, 3.63) is 66.1 Å². The molecule has 2 aromatic carbocycles. The molecule has 0 aromatic heterocycles. The molecule has 2 amide bonds. The van der Waals surface area contributed by atoms with Gasteiger partial charge in [-0.1, -0.05) is 0 Å². The van der Waals surface area contributed by atoms with Crippen LogP contribution in [0, 0.1) is 17.1 Å². The van der Waals surface area contributed by atoms with Gasteiger partial charge >= 0.3 is 0 Å². The van der Waals surface area contributed by atoms with E-state index in [4.69, 9.17) is 5.26 Å². The molecule has 0 saturated carbocycles. The Morgan fingerprint density at radius 1 is 0.960 bits per heavy atom. The highest BCUT2D eigenvalue weighted by Crippen LogP contribution is 2.15. The number of anilines is 3. The maximum atomic E-state index is 12.8. The summed E-state index contributed by atoms with van der Waals surface area (Å²) in [5.41, 5.74) is 1.47. The van der Waals surface area contributed by atoms with Crippen molar-refractivity contribution >= 4 is 28.9 Å². The summed E-state index contributed by atoms with van der Waals surface area (Å²) in [5, 5.41) is 17.1. The number of benzene rings is 2. The van der Waals surface area contributed by atoms with Crippen LogP contribution in [0.25, 0.3) is 0 Å². The fraction of sp³-hybridized carbons (Fsp3) is 0.0556. The van der Waals surface area contributed by atoms with Crippen LogP contribution in [0.5, 0.6) is 0 Å². The summed E-state index contributed by atoms with van der Waals surface area (Å²) in [4.78, 5) is 23.1. The summed E-state index contributed by atoms with van der Waals surface area (Å²) in [5.74, 6) is -1.17. The SMILES string of the molecule is CC(=O)Nc1ccc(NC(=O)/C(C#N)=C\Nc2ccc(F)cc2)cc1. The summed E-state index contributed by atoms with van der Waals surface area (Å²) < 4.78 is 12.8. The first kappa shape index (κ1) is 17.7. The van der Waals surface area contributed by atoms with Crippen LogP contribution in [0.4, 0.5) is 21.5 Å². The summed E-state index contributed by atoms with van der Waals surface area (Å²) in [6.07, 6.45) is 1.24. The third kappa shape index (κ3) is 5.48. The summed E-state index contributed by atoms with van der Waals surface area (Å²) in [6.45, 7) is 1.40. The van der Waals surface area contributed by atoms with Crippen molar-refractivity contribution in [1.82, 2.24) is 0 Å². The molecule has 0 bridgehead atoms. The van der Waals surface area contributed by atoms with Gasteiger partial charge in [-0.05, 0) is 48.5 Å².